The quantitative estimate of drug-likeness (QED) is 0.845. The third-order valence-corrected chi connectivity index (χ3v) is 4.78. The van der Waals surface area contributed by atoms with Crippen molar-refractivity contribution in [1.82, 2.24) is 9.71 Å². The van der Waals surface area contributed by atoms with Gasteiger partial charge >= 0.3 is 0 Å². The van der Waals surface area contributed by atoms with Crippen molar-refractivity contribution in [3.63, 3.8) is 0 Å². The van der Waals surface area contributed by atoms with Gasteiger partial charge in [-0.3, -0.25) is 4.98 Å². The maximum absolute atomic E-state index is 11.9. The maximum atomic E-state index is 11.9. The van der Waals surface area contributed by atoms with Crippen LogP contribution in [-0.2, 0) is 21.2 Å². The average molecular weight is 284 g/mol. The largest absolute Gasteiger partial charge is 0.381 e. The van der Waals surface area contributed by atoms with Crippen LogP contribution in [0.1, 0.15) is 18.5 Å². The van der Waals surface area contributed by atoms with Crippen molar-refractivity contribution in [1.29, 1.82) is 0 Å². The van der Waals surface area contributed by atoms with Gasteiger partial charge in [0.1, 0.15) is 0 Å². The topological polar surface area (TPSA) is 68.3 Å². The number of nitrogens with one attached hydrogen (secondary N) is 1. The Hall–Kier alpha value is -0.980. The van der Waals surface area contributed by atoms with Crippen LogP contribution in [0, 0.1) is 5.92 Å². The molecule has 0 unspecified atom stereocenters. The Balaban J connectivity index is 1.74. The minimum absolute atomic E-state index is 0.207. The van der Waals surface area contributed by atoms with Crippen LogP contribution in [0.3, 0.4) is 0 Å². The normalized spacial score (nSPS) is 17.5. The molecular formula is C13H20N2O3S. The van der Waals surface area contributed by atoms with Crippen LogP contribution in [-0.4, -0.2) is 38.9 Å². The molecule has 0 atom stereocenters. The molecule has 0 aromatic carbocycles. The predicted molar refractivity (Wildman–Crippen MR) is 73.3 cm³/mol. The molecule has 1 aromatic heterocycles. The Morgan fingerprint density at radius 1 is 1.32 bits per heavy atom. The van der Waals surface area contributed by atoms with Gasteiger partial charge in [-0.25, -0.2) is 13.1 Å². The summed E-state index contributed by atoms with van der Waals surface area (Å²) in [5, 5.41) is 0. The van der Waals surface area contributed by atoms with Crippen molar-refractivity contribution < 1.29 is 13.2 Å². The lowest BCUT2D eigenvalue weighted by Gasteiger charge is -2.21. The van der Waals surface area contributed by atoms with Crippen molar-refractivity contribution in [3.8, 4) is 0 Å². The van der Waals surface area contributed by atoms with Crippen LogP contribution < -0.4 is 4.72 Å². The Morgan fingerprint density at radius 3 is 2.79 bits per heavy atom. The molecule has 1 fully saturated rings. The number of hydrogen-bond donors (Lipinski definition) is 1. The smallest absolute Gasteiger partial charge is 0.211 e. The standard InChI is InChI=1S/C13H20N2O3S/c16-19(17,11-12-5-9-18-10-6-12)15-8-4-13-3-1-2-7-14-13/h1-3,7,12,15H,4-6,8-11H2. The lowest BCUT2D eigenvalue weighted by atomic mass is 10.0. The summed E-state index contributed by atoms with van der Waals surface area (Å²) < 4.78 is 31.7. The lowest BCUT2D eigenvalue weighted by molar-refractivity contribution is 0.0723. The summed E-state index contributed by atoms with van der Waals surface area (Å²) >= 11 is 0. The molecule has 106 valence electrons. The van der Waals surface area contributed by atoms with E-state index in [9.17, 15) is 8.42 Å². The van der Waals surface area contributed by atoms with Gasteiger partial charge in [-0.05, 0) is 30.9 Å². The zero-order chi connectivity index (χ0) is 13.6. The molecule has 1 aromatic rings. The summed E-state index contributed by atoms with van der Waals surface area (Å²) in [6.45, 7) is 1.75. The van der Waals surface area contributed by atoms with Crippen LogP contribution in [0.5, 0.6) is 0 Å². The highest BCUT2D eigenvalue weighted by atomic mass is 32.2. The molecule has 0 spiro atoms. The monoisotopic (exact) mass is 284 g/mol. The van der Waals surface area contributed by atoms with Crippen LogP contribution in [0.4, 0.5) is 0 Å². The summed E-state index contributed by atoms with van der Waals surface area (Å²) in [4.78, 5) is 4.16. The molecule has 2 heterocycles. The molecule has 0 bridgehead atoms. The Morgan fingerprint density at radius 2 is 2.11 bits per heavy atom. The maximum Gasteiger partial charge on any atom is 0.211 e. The van der Waals surface area contributed by atoms with E-state index in [0.29, 0.717) is 26.2 Å². The molecule has 0 amide bonds. The first kappa shape index (κ1) is 14.4. The fourth-order valence-corrected chi connectivity index (χ4v) is 3.65. The summed E-state index contributed by atoms with van der Waals surface area (Å²) in [6, 6.07) is 5.64. The van der Waals surface area contributed by atoms with Crippen LogP contribution in [0.2, 0.25) is 0 Å². The van der Waals surface area contributed by atoms with Gasteiger partial charge in [0, 0.05) is 38.1 Å². The summed E-state index contributed by atoms with van der Waals surface area (Å²) in [5.74, 6) is 0.430. The number of nitrogens with zero attached hydrogens (tertiary/aromatic N) is 1. The van der Waals surface area contributed by atoms with Gasteiger partial charge < -0.3 is 4.74 Å². The number of aromatic nitrogens is 1. The zero-order valence-corrected chi connectivity index (χ0v) is 11.7. The van der Waals surface area contributed by atoms with Gasteiger partial charge in [-0.1, -0.05) is 6.07 Å². The summed E-state index contributed by atoms with van der Waals surface area (Å²) in [5.41, 5.74) is 0.899. The first-order valence-electron chi connectivity index (χ1n) is 6.61. The minimum atomic E-state index is -3.18. The second-order valence-electron chi connectivity index (χ2n) is 4.80. The second kappa shape index (κ2) is 6.98. The van der Waals surface area contributed by atoms with E-state index >= 15 is 0 Å². The zero-order valence-electron chi connectivity index (χ0n) is 10.9. The van der Waals surface area contributed by atoms with Crippen molar-refractivity contribution >= 4 is 10.0 Å². The van der Waals surface area contributed by atoms with E-state index in [0.717, 1.165) is 18.5 Å². The lowest BCUT2D eigenvalue weighted by Crippen LogP contribution is -2.33. The molecule has 2 rings (SSSR count). The summed E-state index contributed by atoms with van der Waals surface area (Å²) in [7, 11) is -3.18. The fraction of sp³-hybridized carbons (Fsp3) is 0.615. The van der Waals surface area contributed by atoms with Gasteiger partial charge in [0.15, 0.2) is 0 Å². The molecule has 0 radical (unpaired) electrons. The highest BCUT2D eigenvalue weighted by Crippen LogP contribution is 2.16. The first-order valence-corrected chi connectivity index (χ1v) is 8.26. The SMILES string of the molecule is O=S(=O)(CC1CCOCC1)NCCc1ccccn1. The molecule has 19 heavy (non-hydrogen) atoms. The average Bonchev–Trinajstić information content (AvgIpc) is 2.40. The number of pyridine rings is 1. The Kier molecular flexibility index (Phi) is 5.30. The first-order chi connectivity index (χ1) is 9.16. The van der Waals surface area contributed by atoms with Crippen molar-refractivity contribution in [2.45, 2.75) is 19.3 Å². The van der Waals surface area contributed by atoms with Crippen LogP contribution >= 0.6 is 0 Å². The second-order valence-corrected chi connectivity index (χ2v) is 6.65. The van der Waals surface area contributed by atoms with Gasteiger partial charge in [-0.2, -0.15) is 0 Å². The van der Waals surface area contributed by atoms with E-state index < -0.39 is 10.0 Å². The van der Waals surface area contributed by atoms with Crippen molar-refractivity contribution in [2.75, 3.05) is 25.5 Å². The molecule has 0 saturated carbocycles. The van der Waals surface area contributed by atoms with Gasteiger partial charge in [0.25, 0.3) is 0 Å². The highest BCUT2D eigenvalue weighted by molar-refractivity contribution is 7.89. The number of hydrogen-bond acceptors (Lipinski definition) is 4. The molecule has 1 N–H and O–H groups in total. The molecule has 1 aliphatic heterocycles. The number of rotatable bonds is 6. The Labute approximate surface area is 114 Å². The van der Waals surface area contributed by atoms with E-state index in [2.05, 4.69) is 9.71 Å². The third kappa shape index (κ3) is 5.26. The molecule has 6 heteroatoms. The van der Waals surface area contributed by atoms with Crippen molar-refractivity contribution in [2.24, 2.45) is 5.92 Å². The van der Waals surface area contributed by atoms with Gasteiger partial charge in [0.2, 0.25) is 10.0 Å². The van der Waals surface area contributed by atoms with Crippen LogP contribution in [0.15, 0.2) is 24.4 Å². The Bertz CT molecular complexity index is 470. The van der Waals surface area contributed by atoms with E-state index in [4.69, 9.17) is 4.74 Å². The number of ether oxygens (including phenoxy) is 1. The van der Waals surface area contributed by atoms with E-state index in [1.165, 1.54) is 0 Å². The van der Waals surface area contributed by atoms with Crippen molar-refractivity contribution in [3.05, 3.63) is 30.1 Å². The highest BCUT2D eigenvalue weighted by Gasteiger charge is 2.21. The van der Waals surface area contributed by atoms with Gasteiger partial charge in [0.05, 0.1) is 5.75 Å². The fourth-order valence-electron chi connectivity index (χ4n) is 2.16. The molecular weight excluding hydrogens is 264 g/mol. The molecule has 1 aliphatic rings. The van der Waals surface area contributed by atoms with Crippen LogP contribution in [0.25, 0.3) is 0 Å². The predicted octanol–water partition coefficient (Wildman–Crippen LogP) is 0.970. The third-order valence-electron chi connectivity index (χ3n) is 3.23. The van der Waals surface area contributed by atoms with E-state index in [1.807, 2.05) is 18.2 Å². The molecule has 5 nitrogen and oxygen atoms in total. The van der Waals surface area contributed by atoms with E-state index in [1.54, 1.807) is 6.20 Å². The molecule has 0 aliphatic carbocycles. The summed E-state index contributed by atoms with van der Waals surface area (Å²) in [6.07, 6.45) is 4.00. The number of sulfonamides is 1. The van der Waals surface area contributed by atoms with Gasteiger partial charge in [-0.15, -0.1) is 0 Å². The van der Waals surface area contributed by atoms with E-state index in [-0.39, 0.29) is 11.7 Å². The molecule has 1 saturated heterocycles. The minimum Gasteiger partial charge on any atom is -0.381 e.